The van der Waals surface area contributed by atoms with E-state index in [9.17, 15) is 0 Å². The Morgan fingerprint density at radius 3 is 2.39 bits per heavy atom. The highest BCUT2D eigenvalue weighted by molar-refractivity contribution is 6.31. The SMILES string of the molecule is C[C@H](CNCc1ccccc1Cl)c1ccccc1. The molecule has 0 saturated carbocycles. The Kier molecular flexibility index (Phi) is 4.80. The van der Waals surface area contributed by atoms with Crippen LogP contribution in [0.15, 0.2) is 54.6 Å². The van der Waals surface area contributed by atoms with E-state index in [4.69, 9.17) is 11.6 Å². The highest BCUT2D eigenvalue weighted by Crippen LogP contribution is 2.16. The van der Waals surface area contributed by atoms with Crippen molar-refractivity contribution in [3.8, 4) is 0 Å². The Hall–Kier alpha value is -1.31. The minimum atomic E-state index is 0.508. The van der Waals surface area contributed by atoms with E-state index in [-0.39, 0.29) is 0 Å². The van der Waals surface area contributed by atoms with E-state index in [1.54, 1.807) is 0 Å². The molecule has 2 rings (SSSR count). The van der Waals surface area contributed by atoms with Crippen LogP contribution < -0.4 is 5.32 Å². The van der Waals surface area contributed by atoms with E-state index in [1.165, 1.54) is 5.56 Å². The molecule has 2 heteroatoms. The monoisotopic (exact) mass is 259 g/mol. The van der Waals surface area contributed by atoms with Crippen LogP contribution in [0.2, 0.25) is 5.02 Å². The first-order chi connectivity index (χ1) is 8.77. The van der Waals surface area contributed by atoms with Gasteiger partial charge in [-0.2, -0.15) is 0 Å². The Morgan fingerprint density at radius 1 is 1.00 bits per heavy atom. The lowest BCUT2D eigenvalue weighted by molar-refractivity contribution is 0.615. The van der Waals surface area contributed by atoms with Gasteiger partial charge in [-0.3, -0.25) is 0 Å². The van der Waals surface area contributed by atoms with Crippen LogP contribution in [0.3, 0.4) is 0 Å². The smallest absolute Gasteiger partial charge is 0.0450 e. The molecule has 2 aromatic carbocycles. The van der Waals surface area contributed by atoms with Gasteiger partial charge in [-0.15, -0.1) is 0 Å². The molecule has 0 radical (unpaired) electrons. The molecule has 0 fully saturated rings. The summed E-state index contributed by atoms with van der Waals surface area (Å²) in [5.41, 5.74) is 2.52. The van der Waals surface area contributed by atoms with Gasteiger partial charge >= 0.3 is 0 Å². The molecule has 0 saturated heterocycles. The second-order valence-electron chi connectivity index (χ2n) is 4.53. The van der Waals surface area contributed by atoms with E-state index in [0.717, 1.165) is 23.7 Å². The molecule has 0 amide bonds. The molecule has 1 N–H and O–H groups in total. The van der Waals surface area contributed by atoms with E-state index in [2.05, 4.69) is 42.6 Å². The summed E-state index contributed by atoms with van der Waals surface area (Å²) in [5.74, 6) is 0.508. The Morgan fingerprint density at radius 2 is 1.67 bits per heavy atom. The molecule has 2 aromatic rings. The average molecular weight is 260 g/mol. The molecule has 0 aliphatic rings. The van der Waals surface area contributed by atoms with Crippen molar-refractivity contribution in [2.45, 2.75) is 19.4 Å². The van der Waals surface area contributed by atoms with Gasteiger partial charge < -0.3 is 5.32 Å². The summed E-state index contributed by atoms with van der Waals surface area (Å²) in [6.45, 7) is 4.00. The zero-order valence-electron chi connectivity index (χ0n) is 10.6. The molecule has 0 heterocycles. The summed E-state index contributed by atoms with van der Waals surface area (Å²) in [6.07, 6.45) is 0. The third-order valence-electron chi connectivity index (χ3n) is 3.09. The van der Waals surface area contributed by atoms with Crippen LogP contribution in [-0.4, -0.2) is 6.54 Å². The number of nitrogens with one attached hydrogen (secondary N) is 1. The molecule has 1 atom stereocenters. The lowest BCUT2D eigenvalue weighted by Crippen LogP contribution is -2.19. The zero-order valence-corrected chi connectivity index (χ0v) is 11.3. The van der Waals surface area contributed by atoms with Crippen LogP contribution in [0.25, 0.3) is 0 Å². The van der Waals surface area contributed by atoms with Crippen molar-refractivity contribution in [3.05, 3.63) is 70.7 Å². The van der Waals surface area contributed by atoms with Gasteiger partial charge in [0.1, 0.15) is 0 Å². The first-order valence-electron chi connectivity index (χ1n) is 6.26. The second-order valence-corrected chi connectivity index (χ2v) is 4.94. The fourth-order valence-electron chi connectivity index (χ4n) is 1.96. The Bertz CT molecular complexity index is 481. The molecule has 1 nitrogen and oxygen atoms in total. The van der Waals surface area contributed by atoms with Gasteiger partial charge in [0.15, 0.2) is 0 Å². The molecule has 18 heavy (non-hydrogen) atoms. The Labute approximate surface area is 114 Å². The normalized spacial score (nSPS) is 12.3. The van der Waals surface area contributed by atoms with Crippen LogP contribution in [-0.2, 0) is 6.54 Å². The average Bonchev–Trinajstić information content (AvgIpc) is 2.42. The van der Waals surface area contributed by atoms with Gasteiger partial charge in [-0.05, 0) is 23.1 Å². The van der Waals surface area contributed by atoms with Crippen molar-refractivity contribution in [1.82, 2.24) is 5.32 Å². The quantitative estimate of drug-likeness (QED) is 0.847. The maximum absolute atomic E-state index is 6.12. The van der Waals surface area contributed by atoms with Crippen molar-refractivity contribution >= 4 is 11.6 Å². The van der Waals surface area contributed by atoms with Crippen LogP contribution in [0, 0.1) is 0 Å². The summed E-state index contributed by atoms with van der Waals surface area (Å²) >= 11 is 6.12. The maximum atomic E-state index is 6.12. The summed E-state index contributed by atoms with van der Waals surface area (Å²) in [5, 5.41) is 4.29. The summed E-state index contributed by atoms with van der Waals surface area (Å²) in [6, 6.07) is 18.5. The topological polar surface area (TPSA) is 12.0 Å². The van der Waals surface area contributed by atoms with Crippen LogP contribution in [0.5, 0.6) is 0 Å². The minimum absolute atomic E-state index is 0.508. The predicted octanol–water partition coefficient (Wildman–Crippen LogP) is 4.23. The lowest BCUT2D eigenvalue weighted by atomic mass is 10.0. The van der Waals surface area contributed by atoms with Gasteiger partial charge in [-0.25, -0.2) is 0 Å². The molecule has 0 aliphatic heterocycles. The van der Waals surface area contributed by atoms with E-state index in [0.29, 0.717) is 5.92 Å². The van der Waals surface area contributed by atoms with E-state index < -0.39 is 0 Å². The van der Waals surface area contributed by atoms with Gasteiger partial charge in [0.05, 0.1) is 0 Å². The second kappa shape index (κ2) is 6.58. The van der Waals surface area contributed by atoms with Crippen LogP contribution >= 0.6 is 11.6 Å². The summed E-state index contributed by atoms with van der Waals surface area (Å²) < 4.78 is 0. The number of hydrogen-bond donors (Lipinski definition) is 1. The van der Waals surface area contributed by atoms with Crippen molar-refractivity contribution in [2.24, 2.45) is 0 Å². The van der Waals surface area contributed by atoms with Crippen molar-refractivity contribution in [1.29, 1.82) is 0 Å². The third-order valence-corrected chi connectivity index (χ3v) is 3.46. The van der Waals surface area contributed by atoms with Gasteiger partial charge in [-0.1, -0.05) is 67.1 Å². The largest absolute Gasteiger partial charge is 0.312 e. The summed E-state index contributed by atoms with van der Waals surface area (Å²) in [4.78, 5) is 0. The van der Waals surface area contributed by atoms with E-state index >= 15 is 0 Å². The molecule has 0 spiro atoms. The first kappa shape index (κ1) is 13.1. The van der Waals surface area contributed by atoms with Crippen molar-refractivity contribution in [2.75, 3.05) is 6.54 Å². The molecular weight excluding hydrogens is 242 g/mol. The highest BCUT2D eigenvalue weighted by Gasteiger charge is 2.04. The number of benzene rings is 2. The standard InChI is InChI=1S/C16H18ClN/c1-13(14-7-3-2-4-8-14)11-18-12-15-9-5-6-10-16(15)17/h2-10,13,18H,11-12H2,1H3/t13-/m1/s1. The molecule has 94 valence electrons. The highest BCUT2D eigenvalue weighted by atomic mass is 35.5. The third kappa shape index (κ3) is 3.59. The van der Waals surface area contributed by atoms with Gasteiger partial charge in [0.2, 0.25) is 0 Å². The van der Waals surface area contributed by atoms with Crippen LogP contribution in [0.4, 0.5) is 0 Å². The van der Waals surface area contributed by atoms with Crippen molar-refractivity contribution in [3.63, 3.8) is 0 Å². The number of hydrogen-bond acceptors (Lipinski definition) is 1. The van der Waals surface area contributed by atoms with Crippen molar-refractivity contribution < 1.29 is 0 Å². The molecule has 0 aromatic heterocycles. The molecule has 0 bridgehead atoms. The molecule has 0 aliphatic carbocycles. The maximum Gasteiger partial charge on any atom is 0.0450 e. The zero-order chi connectivity index (χ0) is 12.8. The number of rotatable bonds is 5. The summed E-state index contributed by atoms with van der Waals surface area (Å²) in [7, 11) is 0. The number of halogens is 1. The predicted molar refractivity (Wildman–Crippen MR) is 78.0 cm³/mol. The van der Waals surface area contributed by atoms with E-state index in [1.807, 2.05) is 24.3 Å². The molecular formula is C16H18ClN. The lowest BCUT2D eigenvalue weighted by Gasteiger charge is -2.13. The van der Waals surface area contributed by atoms with Gasteiger partial charge in [0.25, 0.3) is 0 Å². The minimum Gasteiger partial charge on any atom is -0.312 e. The Balaban J connectivity index is 1.84. The van der Waals surface area contributed by atoms with Crippen LogP contribution in [0.1, 0.15) is 24.0 Å². The fraction of sp³-hybridized carbons (Fsp3) is 0.250. The molecule has 0 unspecified atom stereocenters. The fourth-order valence-corrected chi connectivity index (χ4v) is 2.17. The van der Waals surface area contributed by atoms with Gasteiger partial charge in [0, 0.05) is 18.1 Å². The first-order valence-corrected chi connectivity index (χ1v) is 6.64.